The van der Waals surface area contributed by atoms with E-state index in [9.17, 15) is 8.42 Å². The van der Waals surface area contributed by atoms with Gasteiger partial charge in [0.05, 0.1) is 6.26 Å². The lowest BCUT2D eigenvalue weighted by molar-refractivity contribution is 0.493. The molecule has 1 aromatic heterocycles. The molecule has 0 saturated heterocycles. The Balaban J connectivity index is 2.20. The van der Waals surface area contributed by atoms with Crippen molar-refractivity contribution in [2.45, 2.75) is 6.92 Å². The van der Waals surface area contributed by atoms with Crippen molar-refractivity contribution in [2.24, 2.45) is 0 Å². The summed E-state index contributed by atoms with van der Waals surface area (Å²) in [6.45, 7) is 1.86. The van der Waals surface area contributed by atoms with E-state index >= 15 is 0 Å². The summed E-state index contributed by atoms with van der Waals surface area (Å²) in [7, 11) is -3.53. The van der Waals surface area contributed by atoms with Crippen molar-refractivity contribution in [1.29, 1.82) is 0 Å². The summed E-state index contributed by atoms with van der Waals surface area (Å²) in [6.07, 6.45) is 2.45. The lowest BCUT2D eigenvalue weighted by Crippen LogP contribution is -2.05. The summed E-state index contributed by atoms with van der Waals surface area (Å²) in [5, 5.41) is 3.04. The third-order valence-electron chi connectivity index (χ3n) is 2.16. The Morgan fingerprint density at radius 2 is 2.00 bits per heavy atom. The van der Waals surface area contributed by atoms with Crippen molar-refractivity contribution in [2.75, 3.05) is 11.6 Å². The minimum absolute atomic E-state index is 0.248. The van der Waals surface area contributed by atoms with Crippen molar-refractivity contribution < 1.29 is 12.6 Å². The maximum absolute atomic E-state index is 11.1. The predicted octanol–water partition coefficient (Wildman–Crippen LogP) is 1.87. The molecular weight excluding hydrogens is 266 g/mol. The lowest BCUT2D eigenvalue weighted by Gasteiger charge is -2.08. The molecule has 0 unspecified atom stereocenters. The van der Waals surface area contributed by atoms with Crippen LogP contribution in [0.25, 0.3) is 0 Å². The summed E-state index contributed by atoms with van der Waals surface area (Å²) in [4.78, 5) is 8.05. The minimum Gasteiger partial charge on any atom is -0.383 e. The monoisotopic (exact) mass is 279 g/mol. The largest absolute Gasteiger partial charge is 0.383 e. The number of hydrogen-bond acceptors (Lipinski definition) is 6. The molecular formula is C12H13N3O3S. The van der Waals surface area contributed by atoms with Crippen LogP contribution in [0.15, 0.2) is 36.7 Å². The van der Waals surface area contributed by atoms with Crippen LogP contribution in [-0.4, -0.2) is 24.6 Å². The Morgan fingerprint density at radius 1 is 1.21 bits per heavy atom. The molecule has 1 heterocycles. The highest BCUT2D eigenvalue weighted by Gasteiger charge is 2.05. The summed E-state index contributed by atoms with van der Waals surface area (Å²) < 4.78 is 26.9. The topological polar surface area (TPSA) is 81.2 Å². The number of nitrogens with one attached hydrogen (secondary N) is 1. The van der Waals surface area contributed by atoms with Crippen LogP contribution in [0.5, 0.6) is 5.75 Å². The SMILES string of the molecule is Cc1cc(Nc2cccc(OS(C)(=O)=O)c2)ncn1. The number of benzene rings is 1. The number of rotatable bonds is 4. The Bertz CT molecular complexity index is 686. The van der Waals surface area contributed by atoms with Crippen LogP contribution in [0.3, 0.4) is 0 Å². The van der Waals surface area contributed by atoms with E-state index in [1.807, 2.05) is 6.92 Å². The van der Waals surface area contributed by atoms with Crippen LogP contribution in [-0.2, 0) is 10.1 Å². The lowest BCUT2D eigenvalue weighted by atomic mass is 10.3. The van der Waals surface area contributed by atoms with E-state index in [1.165, 1.54) is 6.33 Å². The van der Waals surface area contributed by atoms with Crippen LogP contribution < -0.4 is 9.50 Å². The predicted molar refractivity (Wildman–Crippen MR) is 72.0 cm³/mol. The van der Waals surface area contributed by atoms with Gasteiger partial charge < -0.3 is 9.50 Å². The van der Waals surface area contributed by atoms with E-state index in [0.717, 1.165) is 11.9 Å². The summed E-state index contributed by atoms with van der Waals surface area (Å²) in [5.41, 5.74) is 1.51. The zero-order valence-electron chi connectivity index (χ0n) is 10.5. The molecule has 100 valence electrons. The first kappa shape index (κ1) is 13.3. The van der Waals surface area contributed by atoms with Crippen molar-refractivity contribution >= 4 is 21.6 Å². The van der Waals surface area contributed by atoms with Gasteiger partial charge >= 0.3 is 10.1 Å². The molecule has 0 radical (unpaired) electrons. The molecule has 7 heteroatoms. The molecule has 1 aromatic carbocycles. The van der Waals surface area contributed by atoms with Gasteiger partial charge in [0, 0.05) is 23.5 Å². The molecule has 0 saturated carbocycles. The fourth-order valence-corrected chi connectivity index (χ4v) is 1.92. The Hall–Kier alpha value is -2.15. The molecule has 0 aliphatic rings. The first-order chi connectivity index (χ1) is 8.92. The first-order valence-corrected chi connectivity index (χ1v) is 7.29. The van der Waals surface area contributed by atoms with Gasteiger partial charge in [-0.3, -0.25) is 0 Å². The third kappa shape index (κ3) is 4.22. The molecule has 2 rings (SSSR count). The van der Waals surface area contributed by atoms with E-state index in [0.29, 0.717) is 11.5 Å². The highest BCUT2D eigenvalue weighted by Crippen LogP contribution is 2.21. The molecule has 0 aliphatic heterocycles. The molecule has 0 amide bonds. The number of aromatic nitrogens is 2. The minimum atomic E-state index is -3.53. The van der Waals surface area contributed by atoms with Gasteiger partial charge in [0.2, 0.25) is 0 Å². The molecule has 0 atom stereocenters. The third-order valence-corrected chi connectivity index (χ3v) is 2.65. The Kier molecular flexibility index (Phi) is 3.66. The fourth-order valence-electron chi connectivity index (χ4n) is 1.47. The summed E-state index contributed by atoms with van der Waals surface area (Å²) in [6, 6.07) is 8.41. The van der Waals surface area contributed by atoms with Crippen molar-refractivity contribution in [1.82, 2.24) is 9.97 Å². The normalized spacial score (nSPS) is 11.1. The molecule has 0 fully saturated rings. The van der Waals surface area contributed by atoms with Gasteiger partial charge in [-0.2, -0.15) is 8.42 Å². The molecule has 0 spiro atoms. The summed E-state index contributed by atoms with van der Waals surface area (Å²) in [5.74, 6) is 0.877. The van der Waals surface area contributed by atoms with Gasteiger partial charge in [0.1, 0.15) is 17.9 Å². The molecule has 1 N–H and O–H groups in total. The smallest absolute Gasteiger partial charge is 0.306 e. The van der Waals surface area contributed by atoms with E-state index in [2.05, 4.69) is 15.3 Å². The highest BCUT2D eigenvalue weighted by molar-refractivity contribution is 7.86. The first-order valence-electron chi connectivity index (χ1n) is 5.47. The number of nitrogens with zero attached hydrogens (tertiary/aromatic N) is 2. The second-order valence-corrected chi connectivity index (χ2v) is 5.56. The molecule has 0 bridgehead atoms. The van der Waals surface area contributed by atoms with E-state index < -0.39 is 10.1 Å². The van der Waals surface area contributed by atoms with Crippen LogP contribution in [0.4, 0.5) is 11.5 Å². The maximum Gasteiger partial charge on any atom is 0.306 e. The van der Waals surface area contributed by atoms with Crippen LogP contribution >= 0.6 is 0 Å². The molecule has 0 aliphatic carbocycles. The van der Waals surface area contributed by atoms with Gasteiger partial charge in [-0.05, 0) is 19.1 Å². The molecule has 2 aromatic rings. The van der Waals surface area contributed by atoms with Crippen LogP contribution in [0.2, 0.25) is 0 Å². The zero-order valence-corrected chi connectivity index (χ0v) is 11.3. The fraction of sp³-hybridized carbons (Fsp3) is 0.167. The number of hydrogen-bond donors (Lipinski definition) is 1. The standard InChI is InChI=1S/C12H13N3O3S/c1-9-6-12(14-8-13-9)15-10-4-3-5-11(7-10)18-19(2,16)17/h3-8H,1-2H3,(H,13,14,15). The van der Waals surface area contributed by atoms with Crippen molar-refractivity contribution in [3.63, 3.8) is 0 Å². The Morgan fingerprint density at radius 3 is 2.68 bits per heavy atom. The average molecular weight is 279 g/mol. The summed E-state index contributed by atoms with van der Waals surface area (Å²) >= 11 is 0. The van der Waals surface area contributed by atoms with Gasteiger partial charge in [0.25, 0.3) is 0 Å². The van der Waals surface area contributed by atoms with E-state index in [1.54, 1.807) is 30.3 Å². The van der Waals surface area contributed by atoms with Gasteiger partial charge in [-0.1, -0.05) is 6.07 Å². The molecule has 19 heavy (non-hydrogen) atoms. The van der Waals surface area contributed by atoms with Crippen molar-refractivity contribution in [3.05, 3.63) is 42.4 Å². The molecule has 6 nitrogen and oxygen atoms in total. The number of anilines is 2. The number of aryl methyl sites for hydroxylation is 1. The van der Waals surface area contributed by atoms with Crippen LogP contribution in [0, 0.1) is 6.92 Å². The zero-order chi connectivity index (χ0) is 13.9. The van der Waals surface area contributed by atoms with Gasteiger partial charge in [0.15, 0.2) is 0 Å². The Labute approximate surface area is 111 Å². The van der Waals surface area contributed by atoms with E-state index in [4.69, 9.17) is 4.18 Å². The second kappa shape index (κ2) is 5.23. The second-order valence-electron chi connectivity index (χ2n) is 3.98. The quantitative estimate of drug-likeness (QED) is 0.860. The van der Waals surface area contributed by atoms with Crippen molar-refractivity contribution in [3.8, 4) is 5.75 Å². The van der Waals surface area contributed by atoms with E-state index in [-0.39, 0.29) is 5.75 Å². The maximum atomic E-state index is 11.1. The van der Waals surface area contributed by atoms with Gasteiger partial charge in [-0.25, -0.2) is 9.97 Å². The highest BCUT2D eigenvalue weighted by atomic mass is 32.2. The van der Waals surface area contributed by atoms with Crippen LogP contribution in [0.1, 0.15) is 5.69 Å². The average Bonchev–Trinajstić information content (AvgIpc) is 2.27. The van der Waals surface area contributed by atoms with Gasteiger partial charge in [-0.15, -0.1) is 0 Å².